The molecular formula is C14H13CoNO3. The molecule has 0 bridgehead atoms. The second-order valence-corrected chi connectivity index (χ2v) is 4.66. The Morgan fingerprint density at radius 3 is 3.16 bits per heavy atom. The second kappa shape index (κ2) is 6.41. The number of ether oxygens (including phenoxy) is 1. The van der Waals surface area contributed by atoms with E-state index in [-0.39, 0.29) is 6.42 Å². The molecule has 4 nitrogen and oxygen atoms in total. The number of carboxylic acid groups (broad SMARTS) is 1. The van der Waals surface area contributed by atoms with Gasteiger partial charge in [0.05, 0.1) is 0 Å². The normalized spacial score (nSPS) is 12.6. The van der Waals surface area contributed by atoms with Gasteiger partial charge in [-0.05, 0) is 0 Å². The van der Waals surface area contributed by atoms with E-state index in [0.717, 1.165) is 15.8 Å². The number of rotatable bonds is 5. The zero-order valence-corrected chi connectivity index (χ0v) is 11.2. The molecule has 0 atom stereocenters. The SMILES string of the molecule is O=C(O)CCCOc1ccc2c(c1)N[C](=[Co])CC#C2. The Balaban J connectivity index is 1.99. The van der Waals surface area contributed by atoms with Crippen molar-refractivity contribution >= 4 is 16.2 Å². The number of hydrogen-bond donors (Lipinski definition) is 2. The molecule has 2 N–H and O–H groups in total. The van der Waals surface area contributed by atoms with E-state index in [0.29, 0.717) is 25.2 Å². The number of benzene rings is 1. The van der Waals surface area contributed by atoms with E-state index in [1.165, 1.54) is 0 Å². The van der Waals surface area contributed by atoms with Crippen molar-refractivity contribution in [1.82, 2.24) is 0 Å². The van der Waals surface area contributed by atoms with Gasteiger partial charge in [-0.1, -0.05) is 0 Å². The molecule has 0 saturated carbocycles. The Hall–Kier alpha value is -1.77. The van der Waals surface area contributed by atoms with Crippen molar-refractivity contribution in [2.45, 2.75) is 19.3 Å². The number of carbonyl (C=O) groups is 1. The van der Waals surface area contributed by atoms with Crippen molar-refractivity contribution in [3.63, 3.8) is 0 Å². The number of anilines is 1. The number of nitrogens with one attached hydrogen (secondary N) is 1. The van der Waals surface area contributed by atoms with E-state index >= 15 is 0 Å². The summed E-state index contributed by atoms with van der Waals surface area (Å²) in [6, 6.07) is 5.57. The Morgan fingerprint density at radius 1 is 1.53 bits per heavy atom. The summed E-state index contributed by atoms with van der Waals surface area (Å²) < 4.78 is 6.31. The van der Waals surface area contributed by atoms with Gasteiger partial charge in [-0.3, -0.25) is 0 Å². The molecule has 0 aliphatic carbocycles. The van der Waals surface area contributed by atoms with Crippen LogP contribution in [-0.2, 0) is 20.1 Å². The number of fused-ring (bicyclic) bond motifs is 1. The summed E-state index contributed by atoms with van der Waals surface area (Å²) in [5.41, 5.74) is 1.77. The average molecular weight is 302 g/mol. The molecule has 101 valence electrons. The van der Waals surface area contributed by atoms with Gasteiger partial charge in [-0.25, -0.2) is 0 Å². The van der Waals surface area contributed by atoms with Gasteiger partial charge in [0, 0.05) is 0 Å². The molecule has 0 aromatic heterocycles. The second-order valence-electron chi connectivity index (χ2n) is 4.03. The molecule has 0 radical (unpaired) electrons. The first kappa shape index (κ1) is 13.7. The minimum atomic E-state index is -0.809. The van der Waals surface area contributed by atoms with Crippen LogP contribution in [-0.4, -0.2) is 22.3 Å². The van der Waals surface area contributed by atoms with Gasteiger partial charge in [-0.15, -0.1) is 0 Å². The van der Waals surface area contributed by atoms with Crippen LogP contribution in [0.2, 0.25) is 0 Å². The van der Waals surface area contributed by atoms with E-state index in [1.54, 1.807) is 0 Å². The monoisotopic (exact) mass is 302 g/mol. The molecule has 0 amide bonds. The minimum absolute atomic E-state index is 0.114. The van der Waals surface area contributed by atoms with E-state index in [4.69, 9.17) is 9.84 Å². The maximum atomic E-state index is 10.4. The molecule has 5 heteroatoms. The van der Waals surface area contributed by atoms with E-state index < -0.39 is 5.97 Å². The first-order valence-electron chi connectivity index (χ1n) is 5.89. The van der Waals surface area contributed by atoms with Crippen LogP contribution in [0.25, 0.3) is 0 Å². The molecular weight excluding hydrogens is 289 g/mol. The van der Waals surface area contributed by atoms with Gasteiger partial charge < -0.3 is 0 Å². The molecule has 1 aromatic rings. The molecule has 0 unspecified atom stereocenters. The molecule has 1 aromatic carbocycles. The number of carboxylic acids is 1. The molecule has 19 heavy (non-hydrogen) atoms. The van der Waals surface area contributed by atoms with Crippen LogP contribution in [0.4, 0.5) is 5.69 Å². The Labute approximate surface area is 119 Å². The van der Waals surface area contributed by atoms with Crippen LogP contribution in [0.3, 0.4) is 0 Å². The quantitative estimate of drug-likeness (QED) is 0.643. The first-order valence-corrected chi connectivity index (χ1v) is 6.41. The van der Waals surface area contributed by atoms with Crippen molar-refractivity contribution in [2.24, 2.45) is 0 Å². The van der Waals surface area contributed by atoms with Crippen LogP contribution in [0.5, 0.6) is 5.75 Å². The zero-order chi connectivity index (χ0) is 13.7. The summed E-state index contributed by atoms with van der Waals surface area (Å²) in [7, 11) is 0. The fourth-order valence-corrected chi connectivity index (χ4v) is 1.87. The molecule has 1 heterocycles. The Morgan fingerprint density at radius 2 is 2.37 bits per heavy atom. The van der Waals surface area contributed by atoms with Gasteiger partial charge >= 0.3 is 119 Å². The molecule has 2 rings (SSSR count). The molecule has 1 aliphatic rings. The first-order chi connectivity index (χ1) is 9.15. The summed E-state index contributed by atoms with van der Waals surface area (Å²) in [5.74, 6) is 5.94. The molecule has 1 aliphatic heterocycles. The van der Waals surface area contributed by atoms with E-state index in [2.05, 4.69) is 32.5 Å². The van der Waals surface area contributed by atoms with Gasteiger partial charge in [0.2, 0.25) is 0 Å². The molecule has 0 saturated heterocycles. The van der Waals surface area contributed by atoms with Gasteiger partial charge in [0.25, 0.3) is 0 Å². The molecule has 0 spiro atoms. The van der Waals surface area contributed by atoms with Gasteiger partial charge in [0.1, 0.15) is 0 Å². The number of aliphatic carboxylic acids is 1. The third kappa shape index (κ3) is 4.12. The summed E-state index contributed by atoms with van der Waals surface area (Å²) in [4.78, 5) is 10.4. The fraction of sp³-hybridized carbons (Fsp3) is 0.286. The van der Waals surface area contributed by atoms with Crippen LogP contribution in [0, 0.1) is 11.8 Å². The summed E-state index contributed by atoms with van der Waals surface area (Å²) in [6.45, 7) is 0.383. The van der Waals surface area contributed by atoms with Crippen LogP contribution >= 0.6 is 0 Å². The van der Waals surface area contributed by atoms with Crippen molar-refractivity contribution in [3.8, 4) is 17.6 Å². The average Bonchev–Trinajstić information content (AvgIpc) is 2.54. The van der Waals surface area contributed by atoms with Gasteiger partial charge in [-0.2, -0.15) is 0 Å². The third-order valence-corrected chi connectivity index (χ3v) is 2.83. The van der Waals surface area contributed by atoms with E-state index in [9.17, 15) is 4.79 Å². The van der Waals surface area contributed by atoms with Gasteiger partial charge in [0.15, 0.2) is 0 Å². The van der Waals surface area contributed by atoms with Crippen LogP contribution in [0.1, 0.15) is 24.8 Å². The van der Waals surface area contributed by atoms with Crippen LogP contribution < -0.4 is 10.1 Å². The summed E-state index contributed by atoms with van der Waals surface area (Å²) in [5, 5.41) is 11.7. The zero-order valence-electron chi connectivity index (χ0n) is 10.2. The molecule has 0 fully saturated rings. The summed E-state index contributed by atoms with van der Waals surface area (Å²) in [6.07, 6.45) is 1.20. The fourth-order valence-electron chi connectivity index (χ4n) is 1.64. The predicted molar refractivity (Wildman–Crippen MR) is 68.9 cm³/mol. The standard InChI is InChI=1S/C14H13NO3.Co/c16-14(17)5-3-9-18-12-7-6-11-4-1-2-8-15-13(11)10-12;/h6-7,10,15H,2-3,5,9H2,(H,16,17);. The van der Waals surface area contributed by atoms with Crippen molar-refractivity contribution in [1.29, 1.82) is 0 Å². The van der Waals surface area contributed by atoms with Crippen molar-refractivity contribution < 1.29 is 29.9 Å². The maximum absolute atomic E-state index is 10.4. The van der Waals surface area contributed by atoms with Crippen molar-refractivity contribution in [2.75, 3.05) is 11.9 Å². The van der Waals surface area contributed by atoms with Crippen molar-refractivity contribution in [3.05, 3.63) is 23.8 Å². The topological polar surface area (TPSA) is 58.6 Å². The third-order valence-electron chi connectivity index (χ3n) is 2.52. The van der Waals surface area contributed by atoms with E-state index in [1.807, 2.05) is 18.2 Å². The number of hydrogen-bond acceptors (Lipinski definition) is 3. The Bertz CT molecular complexity index is 572. The predicted octanol–water partition coefficient (Wildman–Crippen LogP) is 1.77. The van der Waals surface area contributed by atoms with Crippen LogP contribution in [0.15, 0.2) is 18.2 Å². The Kier molecular flexibility index (Phi) is 4.61. The summed E-state index contributed by atoms with van der Waals surface area (Å²) >= 11 is 4.35.